The normalized spacial score (nSPS) is 15.9. The van der Waals surface area contributed by atoms with Crippen molar-refractivity contribution in [2.75, 3.05) is 11.9 Å². The van der Waals surface area contributed by atoms with Crippen molar-refractivity contribution in [3.63, 3.8) is 0 Å². The Morgan fingerprint density at radius 1 is 1.43 bits per heavy atom. The molecule has 2 aromatic rings. The topological polar surface area (TPSA) is 97.0 Å². The predicted octanol–water partition coefficient (Wildman–Crippen LogP) is 4.09. The van der Waals surface area contributed by atoms with Gasteiger partial charge in [0.25, 0.3) is 0 Å². The first-order valence-corrected chi connectivity index (χ1v) is 11.0. The lowest BCUT2D eigenvalue weighted by Gasteiger charge is -2.33. The number of hydrogen-bond acceptors (Lipinski definition) is 6. The summed E-state index contributed by atoms with van der Waals surface area (Å²) in [5.41, 5.74) is 2.64. The fourth-order valence-electron chi connectivity index (χ4n) is 3.92. The number of anilines is 1. The summed E-state index contributed by atoms with van der Waals surface area (Å²) < 4.78 is 6.55. The van der Waals surface area contributed by atoms with Gasteiger partial charge >= 0.3 is 5.97 Å². The Kier molecular flexibility index (Phi) is 6.32. The van der Waals surface area contributed by atoms with Crippen LogP contribution in [0.1, 0.15) is 66.3 Å². The molecule has 1 atom stereocenters. The lowest BCUT2D eigenvalue weighted by molar-refractivity contribution is -0.116. The SMILES string of the molecule is CCOC(=O)c1c(C)ncn1CC(=O)Nc1sc2c(c1C#N)CCC(C(C)(C)C)C2. The molecule has 0 saturated heterocycles. The molecule has 1 aliphatic rings. The number of fused-ring (bicyclic) bond motifs is 1. The van der Waals surface area contributed by atoms with Crippen LogP contribution in [0, 0.1) is 29.6 Å². The summed E-state index contributed by atoms with van der Waals surface area (Å²) in [6.07, 6.45) is 4.30. The second kappa shape index (κ2) is 8.60. The van der Waals surface area contributed by atoms with E-state index in [0.29, 0.717) is 22.2 Å². The Morgan fingerprint density at radius 3 is 2.80 bits per heavy atom. The first-order chi connectivity index (χ1) is 14.2. The molecule has 0 saturated carbocycles. The number of nitrogens with one attached hydrogen (secondary N) is 1. The molecule has 160 valence electrons. The molecule has 2 aromatic heterocycles. The lowest BCUT2D eigenvalue weighted by Crippen LogP contribution is -2.26. The van der Waals surface area contributed by atoms with E-state index in [9.17, 15) is 14.9 Å². The van der Waals surface area contributed by atoms with Gasteiger partial charge in [0.15, 0.2) is 5.69 Å². The van der Waals surface area contributed by atoms with E-state index < -0.39 is 5.97 Å². The van der Waals surface area contributed by atoms with Gasteiger partial charge in [-0.05, 0) is 50.0 Å². The summed E-state index contributed by atoms with van der Waals surface area (Å²) >= 11 is 1.50. The Balaban J connectivity index is 1.78. The highest BCUT2D eigenvalue weighted by Crippen LogP contribution is 2.43. The number of hydrogen-bond donors (Lipinski definition) is 1. The van der Waals surface area contributed by atoms with E-state index in [2.05, 4.69) is 37.1 Å². The molecular formula is C22H28N4O3S. The number of thiophene rings is 1. The van der Waals surface area contributed by atoms with Crippen molar-refractivity contribution in [2.24, 2.45) is 11.3 Å². The molecular weight excluding hydrogens is 400 g/mol. The molecule has 0 radical (unpaired) electrons. The zero-order chi connectivity index (χ0) is 22.1. The highest BCUT2D eigenvalue weighted by atomic mass is 32.1. The quantitative estimate of drug-likeness (QED) is 0.724. The van der Waals surface area contributed by atoms with Crippen LogP contribution in [0.15, 0.2) is 6.33 Å². The molecule has 0 spiro atoms. The van der Waals surface area contributed by atoms with E-state index in [0.717, 1.165) is 24.8 Å². The maximum atomic E-state index is 12.7. The van der Waals surface area contributed by atoms with Crippen LogP contribution in [0.2, 0.25) is 0 Å². The van der Waals surface area contributed by atoms with Crippen LogP contribution >= 0.6 is 11.3 Å². The number of nitrogens with zero attached hydrogens (tertiary/aromatic N) is 3. The lowest BCUT2D eigenvalue weighted by atomic mass is 9.72. The predicted molar refractivity (Wildman–Crippen MR) is 116 cm³/mol. The van der Waals surface area contributed by atoms with Crippen molar-refractivity contribution < 1.29 is 14.3 Å². The number of aromatic nitrogens is 2. The number of carbonyl (C=O) groups is 2. The minimum absolute atomic E-state index is 0.0764. The number of nitriles is 1. The fourth-order valence-corrected chi connectivity index (χ4v) is 5.21. The largest absolute Gasteiger partial charge is 0.461 e. The third-order valence-electron chi connectivity index (χ3n) is 5.66. The van der Waals surface area contributed by atoms with Crippen LogP contribution in [0.5, 0.6) is 0 Å². The highest BCUT2D eigenvalue weighted by Gasteiger charge is 2.32. The number of carbonyl (C=O) groups excluding carboxylic acids is 2. The third-order valence-corrected chi connectivity index (χ3v) is 6.83. The van der Waals surface area contributed by atoms with E-state index in [1.165, 1.54) is 27.1 Å². The molecule has 1 amide bonds. The maximum absolute atomic E-state index is 12.7. The summed E-state index contributed by atoms with van der Waals surface area (Å²) in [6, 6.07) is 2.28. The highest BCUT2D eigenvalue weighted by molar-refractivity contribution is 7.16. The molecule has 0 fully saturated rings. The Hall–Kier alpha value is -2.66. The molecule has 1 N–H and O–H groups in total. The smallest absolute Gasteiger partial charge is 0.356 e. The first kappa shape index (κ1) is 22.0. The van der Waals surface area contributed by atoms with Gasteiger partial charge in [0, 0.05) is 4.88 Å². The van der Waals surface area contributed by atoms with Gasteiger partial charge in [-0.1, -0.05) is 20.8 Å². The zero-order valence-corrected chi connectivity index (χ0v) is 19.0. The number of amides is 1. The van der Waals surface area contributed by atoms with Crippen LogP contribution in [0.25, 0.3) is 0 Å². The number of esters is 1. The molecule has 8 heteroatoms. The minimum Gasteiger partial charge on any atom is -0.461 e. The number of ether oxygens (including phenoxy) is 1. The standard InChI is InChI=1S/C22H28N4O3S/c1-6-29-21(28)19-13(2)24-12-26(19)11-18(27)25-20-16(10-23)15-8-7-14(22(3,4)5)9-17(15)30-20/h12,14H,6-9,11H2,1-5H3,(H,25,27). The van der Waals surface area contributed by atoms with Gasteiger partial charge in [-0.2, -0.15) is 5.26 Å². The number of imidazole rings is 1. The second-order valence-corrected chi connectivity index (χ2v) is 9.81. The van der Waals surface area contributed by atoms with Crippen LogP contribution < -0.4 is 5.32 Å². The van der Waals surface area contributed by atoms with E-state index in [4.69, 9.17) is 4.74 Å². The van der Waals surface area contributed by atoms with Gasteiger partial charge in [0.1, 0.15) is 17.6 Å². The van der Waals surface area contributed by atoms with Crippen LogP contribution in [-0.2, 0) is 28.9 Å². The van der Waals surface area contributed by atoms with Crippen LogP contribution in [0.4, 0.5) is 5.00 Å². The van der Waals surface area contributed by atoms with Gasteiger partial charge in [0.05, 0.1) is 24.2 Å². The van der Waals surface area contributed by atoms with Crippen molar-refractivity contribution in [3.05, 3.63) is 33.7 Å². The van der Waals surface area contributed by atoms with Gasteiger partial charge < -0.3 is 14.6 Å². The summed E-state index contributed by atoms with van der Waals surface area (Å²) in [7, 11) is 0. The number of aryl methyl sites for hydroxylation is 1. The summed E-state index contributed by atoms with van der Waals surface area (Å²) in [6.45, 7) is 10.3. The zero-order valence-electron chi connectivity index (χ0n) is 18.2. The second-order valence-electron chi connectivity index (χ2n) is 8.70. The van der Waals surface area contributed by atoms with Crippen LogP contribution in [0.3, 0.4) is 0 Å². The van der Waals surface area contributed by atoms with Gasteiger partial charge in [-0.3, -0.25) is 4.79 Å². The van der Waals surface area contributed by atoms with Crippen molar-refractivity contribution in [2.45, 2.75) is 60.4 Å². The fraction of sp³-hybridized carbons (Fsp3) is 0.545. The average Bonchev–Trinajstić information content (AvgIpc) is 3.19. The van der Waals surface area contributed by atoms with Crippen LogP contribution in [-0.4, -0.2) is 28.0 Å². The van der Waals surface area contributed by atoms with Crippen molar-refractivity contribution >= 4 is 28.2 Å². The number of rotatable bonds is 5. The molecule has 0 aliphatic heterocycles. The molecule has 2 heterocycles. The van der Waals surface area contributed by atoms with E-state index in [-0.39, 0.29) is 30.2 Å². The van der Waals surface area contributed by atoms with Crippen molar-refractivity contribution in [1.29, 1.82) is 5.26 Å². The molecule has 3 rings (SSSR count). The Labute approximate surface area is 181 Å². The Morgan fingerprint density at radius 2 is 2.17 bits per heavy atom. The van der Waals surface area contributed by atoms with E-state index >= 15 is 0 Å². The summed E-state index contributed by atoms with van der Waals surface area (Å²) in [4.78, 5) is 30.2. The third kappa shape index (κ3) is 4.41. The van der Waals surface area contributed by atoms with Crippen molar-refractivity contribution in [1.82, 2.24) is 9.55 Å². The monoisotopic (exact) mass is 428 g/mol. The molecule has 0 bridgehead atoms. The van der Waals surface area contributed by atoms with E-state index in [1.807, 2.05) is 0 Å². The average molecular weight is 429 g/mol. The van der Waals surface area contributed by atoms with Gasteiger partial charge in [-0.15, -0.1) is 11.3 Å². The molecule has 1 unspecified atom stereocenters. The molecule has 1 aliphatic carbocycles. The molecule has 30 heavy (non-hydrogen) atoms. The van der Waals surface area contributed by atoms with Crippen molar-refractivity contribution in [3.8, 4) is 6.07 Å². The summed E-state index contributed by atoms with van der Waals surface area (Å²) in [5.74, 6) is -0.252. The minimum atomic E-state index is -0.502. The summed E-state index contributed by atoms with van der Waals surface area (Å²) in [5, 5.41) is 13.2. The maximum Gasteiger partial charge on any atom is 0.356 e. The van der Waals surface area contributed by atoms with Gasteiger partial charge in [-0.25, -0.2) is 9.78 Å². The molecule has 0 aromatic carbocycles. The Bertz CT molecular complexity index is 1010. The first-order valence-electron chi connectivity index (χ1n) is 10.2. The van der Waals surface area contributed by atoms with Gasteiger partial charge in [0.2, 0.25) is 5.91 Å². The van der Waals surface area contributed by atoms with E-state index in [1.54, 1.807) is 13.8 Å². The molecule has 7 nitrogen and oxygen atoms in total.